The highest BCUT2D eigenvalue weighted by Gasteiger charge is 2.27. The maximum Gasteiger partial charge on any atom is 0.270 e. The zero-order valence-electron chi connectivity index (χ0n) is 53.4. The fourth-order valence-electron chi connectivity index (χ4n) is 11.6. The topological polar surface area (TPSA) is 224 Å². The van der Waals surface area contributed by atoms with E-state index >= 15 is 0 Å². The lowest BCUT2D eigenvalue weighted by Gasteiger charge is -2.33. The largest absolute Gasteiger partial charge is 0.491 e. The van der Waals surface area contributed by atoms with Crippen LogP contribution in [0.2, 0.25) is 30.1 Å². The van der Waals surface area contributed by atoms with Gasteiger partial charge >= 0.3 is 0 Å². The van der Waals surface area contributed by atoms with E-state index in [1.165, 1.54) is 36.4 Å². The van der Waals surface area contributed by atoms with Gasteiger partial charge in [-0.2, -0.15) is 0 Å². The van der Waals surface area contributed by atoms with Gasteiger partial charge in [0, 0.05) is 126 Å². The number of rotatable bonds is 21. The van der Waals surface area contributed by atoms with Crippen LogP contribution in [0.15, 0.2) is 146 Å². The molecule has 6 heterocycles. The lowest BCUT2D eigenvalue weighted by Crippen LogP contribution is -2.47. The Balaban J connectivity index is 0.000000161. The number of aromatic nitrogens is 3. The summed E-state index contributed by atoms with van der Waals surface area (Å²) in [5.74, 6) is -1.31. The number of piperidine rings is 3. The molecule has 3 amide bonds. The van der Waals surface area contributed by atoms with Crippen LogP contribution in [0, 0.1) is 17.5 Å². The lowest BCUT2D eigenvalue weighted by atomic mass is 10.0. The van der Waals surface area contributed by atoms with Crippen molar-refractivity contribution in [3.63, 3.8) is 0 Å². The van der Waals surface area contributed by atoms with Crippen LogP contribution in [-0.2, 0) is 0 Å². The van der Waals surface area contributed by atoms with Crippen molar-refractivity contribution in [2.24, 2.45) is 0 Å². The third-order valence-electron chi connectivity index (χ3n) is 16.8. The number of carbonyl (C=O) groups is 3. The number of carbonyl (C=O) groups excluding carboxylic acids is 3. The highest BCUT2D eigenvalue weighted by atomic mass is 35.5. The summed E-state index contributed by atoms with van der Waals surface area (Å²) in [7, 11) is 0. The highest BCUT2D eigenvalue weighted by Crippen LogP contribution is 2.27. The van der Waals surface area contributed by atoms with Gasteiger partial charge < -0.3 is 60.2 Å². The monoisotopic (exact) mass is 1470 g/mol. The molecule has 6 N–H and O–H groups in total. The normalized spacial score (nSPS) is 16.0. The quantitative estimate of drug-likeness (QED) is 0.0394. The second kappa shape index (κ2) is 35.8. The van der Waals surface area contributed by atoms with Gasteiger partial charge in [-0.3, -0.25) is 14.4 Å². The molecule has 0 spiro atoms. The molecule has 522 valence electrons. The number of halogens is 9. The Morgan fingerprint density at radius 3 is 0.909 bits per heavy atom. The number of pyridine rings is 3. The van der Waals surface area contributed by atoms with Gasteiger partial charge in [-0.25, -0.2) is 28.1 Å². The van der Waals surface area contributed by atoms with E-state index in [0.29, 0.717) is 69.0 Å². The van der Waals surface area contributed by atoms with Gasteiger partial charge in [-0.05, 0) is 148 Å². The summed E-state index contributed by atoms with van der Waals surface area (Å²) in [6.45, 7) is 5.89. The minimum atomic E-state index is -0.717. The number of nitrogens with zero attached hydrogens (tertiary/aromatic N) is 6. The molecule has 0 radical (unpaired) electrons. The maximum absolute atomic E-state index is 13.5. The second-order valence-corrected chi connectivity index (χ2v) is 26.9. The molecule has 12 rings (SSSR count). The van der Waals surface area contributed by atoms with Gasteiger partial charge in [-0.1, -0.05) is 87.8 Å². The van der Waals surface area contributed by atoms with E-state index in [0.717, 1.165) is 111 Å². The minimum absolute atomic E-state index is 0.0270. The summed E-state index contributed by atoms with van der Waals surface area (Å²) >= 11 is 35.0. The molecule has 3 saturated heterocycles. The van der Waals surface area contributed by atoms with E-state index in [9.17, 15) is 42.9 Å². The number of β-amino-alcohol motifs (C(OH)–C–C–N with tert-alkyl or cyclic N) is 3. The summed E-state index contributed by atoms with van der Waals surface area (Å²) in [4.78, 5) is 57.6. The van der Waals surface area contributed by atoms with E-state index in [1.807, 2.05) is 36.4 Å². The molecule has 3 atom stereocenters. The van der Waals surface area contributed by atoms with Gasteiger partial charge in [0.1, 0.15) is 89.9 Å². The molecule has 1 unspecified atom stereocenters. The number of amides is 3. The molecule has 3 aliphatic heterocycles. The van der Waals surface area contributed by atoms with Gasteiger partial charge in [0.05, 0.1) is 31.6 Å². The smallest absolute Gasteiger partial charge is 0.270 e. The Hall–Kier alpha value is -7.35. The molecule has 3 fully saturated rings. The Labute approximate surface area is 600 Å². The molecule has 0 bridgehead atoms. The number of nitrogens with one attached hydrogen (secondary N) is 3. The van der Waals surface area contributed by atoms with Crippen LogP contribution in [0.4, 0.5) is 13.2 Å². The molecule has 0 saturated carbocycles. The number of fused-ring (bicyclic) bond motifs is 3. The van der Waals surface area contributed by atoms with Crippen LogP contribution in [-0.4, -0.2) is 178 Å². The second-order valence-electron chi connectivity index (χ2n) is 24.4. The van der Waals surface area contributed by atoms with Crippen LogP contribution in [0.3, 0.4) is 0 Å². The molecule has 3 aromatic heterocycles. The van der Waals surface area contributed by atoms with Crippen molar-refractivity contribution < 1.29 is 57.1 Å². The number of hydrogen-bond acceptors (Lipinski definition) is 15. The standard InChI is InChI=1S/3C24H24Cl2FN3O3/c3*25-16-2-6-22-15(11-16)1-5-23(29-22)24(32)28-17-7-9-30(10-8-17)13-18(31)14-33-19-3-4-20(26)21(27)12-19/h3*1-6,11-12,17-18,31H,7-10,13-14H2,(H,28,32)/t2*18-;/m10./s1. The first-order chi connectivity index (χ1) is 47.6. The Morgan fingerprint density at radius 1 is 0.394 bits per heavy atom. The molecule has 0 aliphatic carbocycles. The van der Waals surface area contributed by atoms with E-state index in [1.54, 1.807) is 72.8 Å². The molecule has 6 aromatic carbocycles. The van der Waals surface area contributed by atoms with Gasteiger partial charge in [0.25, 0.3) is 17.7 Å². The molecular weight excluding hydrogens is 1400 g/mol. The first-order valence-electron chi connectivity index (χ1n) is 32.2. The number of ether oxygens (including phenoxy) is 3. The Kier molecular flexibility index (Phi) is 26.9. The van der Waals surface area contributed by atoms with E-state index in [4.69, 9.17) is 83.8 Å². The van der Waals surface area contributed by atoms with Crippen molar-refractivity contribution in [3.05, 3.63) is 210 Å². The molecule has 27 heteroatoms. The summed E-state index contributed by atoms with van der Waals surface area (Å²) in [5.41, 5.74) is 3.29. The average molecular weight is 1480 g/mol. The van der Waals surface area contributed by atoms with Crippen molar-refractivity contribution in [1.82, 2.24) is 45.6 Å². The van der Waals surface area contributed by atoms with Crippen LogP contribution < -0.4 is 30.2 Å². The number of benzene rings is 6. The first-order valence-corrected chi connectivity index (χ1v) is 34.4. The third-order valence-corrected chi connectivity index (χ3v) is 18.5. The zero-order valence-corrected chi connectivity index (χ0v) is 58.0. The molecule has 9 aromatic rings. The molecule has 99 heavy (non-hydrogen) atoms. The van der Waals surface area contributed by atoms with Crippen molar-refractivity contribution >= 4 is 120 Å². The van der Waals surface area contributed by atoms with Gasteiger partial charge in [0.2, 0.25) is 0 Å². The number of hydrogen-bond donors (Lipinski definition) is 6. The Morgan fingerprint density at radius 2 is 0.657 bits per heavy atom. The fraction of sp³-hybridized carbons (Fsp3) is 0.333. The van der Waals surface area contributed by atoms with E-state index in [-0.39, 0.29) is 70.7 Å². The summed E-state index contributed by atoms with van der Waals surface area (Å²) in [6.07, 6.45) is 2.46. The molecular formula is C72H72Cl6F3N9O9. The predicted molar refractivity (Wildman–Crippen MR) is 380 cm³/mol. The number of likely N-dealkylation sites (tertiary alicyclic amines) is 3. The average Bonchev–Trinajstić information content (AvgIpc) is 0.841. The third kappa shape index (κ3) is 22.3. The minimum Gasteiger partial charge on any atom is -0.491 e. The number of aliphatic hydroxyl groups is 3. The SMILES string of the molecule is O=C(NC1CCN(CC(O)COc2ccc(Cl)c(F)c2)CC1)c1ccc2cc(Cl)ccc2n1.O=C(NC1CCN(C[C@@H](O)COc2ccc(Cl)c(F)c2)CC1)c1ccc2cc(Cl)ccc2n1.O=C(NC1CCN(C[C@H](O)COc2ccc(Cl)c(F)c2)CC1)c1ccc2cc(Cl)ccc2n1. The predicted octanol–water partition coefficient (Wildman–Crippen LogP) is 12.9. The van der Waals surface area contributed by atoms with Crippen LogP contribution in [0.25, 0.3) is 32.7 Å². The first kappa shape index (κ1) is 74.3. The summed E-state index contributed by atoms with van der Waals surface area (Å²) in [6, 6.07) is 39.4. The molecule has 18 nitrogen and oxygen atoms in total. The van der Waals surface area contributed by atoms with Gasteiger partial charge in [0.15, 0.2) is 0 Å². The molecule has 3 aliphatic rings. The van der Waals surface area contributed by atoms with E-state index in [2.05, 4.69) is 45.6 Å². The van der Waals surface area contributed by atoms with Gasteiger partial charge in [-0.15, -0.1) is 0 Å². The summed E-state index contributed by atoms with van der Waals surface area (Å²) in [5, 5.41) is 44.6. The van der Waals surface area contributed by atoms with Crippen molar-refractivity contribution in [2.45, 2.75) is 75.0 Å². The van der Waals surface area contributed by atoms with Crippen LogP contribution in [0.1, 0.15) is 70.0 Å². The fourth-order valence-corrected chi connectivity index (χ4v) is 12.5. The van der Waals surface area contributed by atoms with Crippen molar-refractivity contribution in [2.75, 3.05) is 78.7 Å². The highest BCUT2D eigenvalue weighted by molar-refractivity contribution is 6.32. The summed E-state index contributed by atoms with van der Waals surface area (Å²) < 4.78 is 56.8. The van der Waals surface area contributed by atoms with E-state index < -0.39 is 35.8 Å². The van der Waals surface area contributed by atoms with Crippen LogP contribution in [0.5, 0.6) is 17.2 Å². The zero-order chi connectivity index (χ0) is 70.1. The maximum atomic E-state index is 13.5. The van der Waals surface area contributed by atoms with Crippen molar-refractivity contribution in [3.8, 4) is 17.2 Å². The Bertz CT molecular complexity index is 3840. The van der Waals surface area contributed by atoms with Crippen LogP contribution >= 0.6 is 69.6 Å². The lowest BCUT2D eigenvalue weighted by molar-refractivity contribution is 0.0566. The van der Waals surface area contributed by atoms with Crippen molar-refractivity contribution in [1.29, 1.82) is 0 Å². The number of aliphatic hydroxyl groups excluding tert-OH is 3.